The van der Waals surface area contributed by atoms with Crippen LogP contribution in [0.1, 0.15) is 22.6 Å². The third-order valence-electron chi connectivity index (χ3n) is 4.83. The number of phenols is 1. The van der Waals surface area contributed by atoms with Crippen molar-refractivity contribution in [2.75, 3.05) is 6.61 Å². The Morgan fingerprint density at radius 1 is 0.963 bits per heavy atom. The standard InChI is InChI=1S/C22H18FNO3/c23-21-14(6-5-11-20(21)25)12-24-22(26)27-13-19-17-9-3-1-7-15(17)16-8-2-4-10-18(16)19/h1-11,19,25H,12-13H2,(H,24,26). The van der Waals surface area contributed by atoms with E-state index in [2.05, 4.69) is 17.4 Å². The van der Waals surface area contributed by atoms with Crippen LogP contribution >= 0.6 is 0 Å². The second-order valence-corrected chi connectivity index (χ2v) is 6.43. The van der Waals surface area contributed by atoms with Gasteiger partial charge >= 0.3 is 6.09 Å². The zero-order valence-corrected chi connectivity index (χ0v) is 14.5. The molecule has 0 fully saturated rings. The predicted molar refractivity (Wildman–Crippen MR) is 100.0 cm³/mol. The highest BCUT2D eigenvalue weighted by Gasteiger charge is 2.28. The second-order valence-electron chi connectivity index (χ2n) is 6.43. The van der Waals surface area contributed by atoms with Gasteiger partial charge in [-0.2, -0.15) is 0 Å². The first kappa shape index (κ1) is 17.1. The number of carbonyl (C=O) groups is 1. The van der Waals surface area contributed by atoms with Crippen LogP contribution in [0.5, 0.6) is 5.75 Å². The number of hydrogen-bond donors (Lipinski definition) is 2. The Bertz CT molecular complexity index is 957. The maximum absolute atomic E-state index is 13.8. The van der Waals surface area contributed by atoms with Crippen LogP contribution in [-0.4, -0.2) is 17.8 Å². The summed E-state index contributed by atoms with van der Waals surface area (Å²) in [6.07, 6.45) is -0.625. The minimum Gasteiger partial charge on any atom is -0.505 e. The number of hydrogen-bond acceptors (Lipinski definition) is 3. The van der Waals surface area contributed by atoms with Gasteiger partial charge in [0.15, 0.2) is 11.6 Å². The van der Waals surface area contributed by atoms with E-state index in [1.165, 1.54) is 18.2 Å². The van der Waals surface area contributed by atoms with Gasteiger partial charge in [-0.15, -0.1) is 0 Å². The number of benzene rings is 3. The summed E-state index contributed by atoms with van der Waals surface area (Å²) in [7, 11) is 0. The summed E-state index contributed by atoms with van der Waals surface area (Å²) >= 11 is 0. The van der Waals surface area contributed by atoms with Gasteiger partial charge in [0.25, 0.3) is 0 Å². The molecule has 0 unspecified atom stereocenters. The monoisotopic (exact) mass is 363 g/mol. The molecule has 27 heavy (non-hydrogen) atoms. The van der Waals surface area contributed by atoms with Gasteiger partial charge in [-0.1, -0.05) is 60.7 Å². The molecule has 0 saturated heterocycles. The first-order valence-electron chi connectivity index (χ1n) is 8.70. The Labute approximate surface area is 156 Å². The number of nitrogens with one attached hydrogen (secondary N) is 1. The van der Waals surface area contributed by atoms with Crippen LogP contribution in [0, 0.1) is 5.82 Å². The van der Waals surface area contributed by atoms with Crippen LogP contribution < -0.4 is 5.32 Å². The second kappa shape index (κ2) is 7.11. The minimum absolute atomic E-state index is 0.0272. The fourth-order valence-corrected chi connectivity index (χ4v) is 3.52. The molecule has 1 aliphatic carbocycles. The van der Waals surface area contributed by atoms with Crippen molar-refractivity contribution in [2.45, 2.75) is 12.5 Å². The first-order chi connectivity index (χ1) is 13.1. The summed E-state index contributed by atoms with van der Waals surface area (Å²) in [5.41, 5.74) is 4.77. The normalized spacial score (nSPS) is 12.3. The summed E-state index contributed by atoms with van der Waals surface area (Å²) in [5.74, 6) is -1.21. The number of rotatable bonds is 4. The summed E-state index contributed by atoms with van der Waals surface area (Å²) in [6, 6.07) is 20.4. The van der Waals surface area contributed by atoms with E-state index in [-0.39, 0.29) is 24.6 Å². The molecule has 4 nitrogen and oxygen atoms in total. The summed E-state index contributed by atoms with van der Waals surface area (Å²) in [5, 5.41) is 11.9. The highest BCUT2D eigenvalue weighted by molar-refractivity contribution is 5.79. The lowest BCUT2D eigenvalue weighted by molar-refractivity contribution is 0.142. The van der Waals surface area contributed by atoms with Crippen molar-refractivity contribution in [1.29, 1.82) is 0 Å². The lowest BCUT2D eigenvalue weighted by Gasteiger charge is -2.14. The molecule has 0 spiro atoms. The van der Waals surface area contributed by atoms with E-state index in [9.17, 15) is 14.3 Å². The maximum Gasteiger partial charge on any atom is 0.407 e. The van der Waals surface area contributed by atoms with Crippen LogP contribution in [0.4, 0.5) is 9.18 Å². The van der Waals surface area contributed by atoms with E-state index in [1.807, 2.05) is 36.4 Å². The number of fused-ring (bicyclic) bond motifs is 3. The molecule has 3 aromatic rings. The molecular weight excluding hydrogens is 345 g/mol. The van der Waals surface area contributed by atoms with Crippen molar-refractivity contribution in [3.05, 3.63) is 89.2 Å². The van der Waals surface area contributed by atoms with Crippen molar-refractivity contribution in [3.63, 3.8) is 0 Å². The molecule has 2 N–H and O–H groups in total. The smallest absolute Gasteiger partial charge is 0.407 e. The highest BCUT2D eigenvalue weighted by atomic mass is 19.1. The molecule has 3 aromatic carbocycles. The third-order valence-corrected chi connectivity index (χ3v) is 4.83. The van der Waals surface area contributed by atoms with Gasteiger partial charge in [-0.25, -0.2) is 9.18 Å². The molecule has 4 rings (SSSR count). The molecule has 0 bridgehead atoms. The van der Waals surface area contributed by atoms with Crippen molar-refractivity contribution in [1.82, 2.24) is 5.32 Å². The van der Waals surface area contributed by atoms with E-state index in [4.69, 9.17) is 4.74 Å². The fourth-order valence-electron chi connectivity index (χ4n) is 3.52. The van der Waals surface area contributed by atoms with Crippen LogP contribution in [0.3, 0.4) is 0 Å². The molecule has 0 heterocycles. The van der Waals surface area contributed by atoms with Gasteiger partial charge in [-0.3, -0.25) is 0 Å². The molecule has 136 valence electrons. The third kappa shape index (κ3) is 3.24. The topological polar surface area (TPSA) is 58.6 Å². The van der Waals surface area contributed by atoms with E-state index in [0.29, 0.717) is 0 Å². The first-order valence-corrected chi connectivity index (χ1v) is 8.70. The molecule has 1 aliphatic rings. The minimum atomic E-state index is -0.739. The maximum atomic E-state index is 13.8. The van der Waals surface area contributed by atoms with Crippen LogP contribution in [0.15, 0.2) is 66.7 Å². The Balaban J connectivity index is 1.43. The van der Waals surface area contributed by atoms with Crippen molar-refractivity contribution < 1.29 is 19.0 Å². The Morgan fingerprint density at radius 3 is 2.26 bits per heavy atom. The quantitative estimate of drug-likeness (QED) is 0.714. The zero-order valence-electron chi connectivity index (χ0n) is 14.5. The lowest BCUT2D eigenvalue weighted by Crippen LogP contribution is -2.26. The van der Waals surface area contributed by atoms with E-state index in [0.717, 1.165) is 22.3 Å². The molecule has 1 amide bonds. The fraction of sp³-hybridized carbons (Fsp3) is 0.136. The molecule has 0 aliphatic heterocycles. The van der Waals surface area contributed by atoms with E-state index < -0.39 is 17.7 Å². The van der Waals surface area contributed by atoms with Crippen LogP contribution in [0.25, 0.3) is 11.1 Å². The average molecular weight is 363 g/mol. The van der Waals surface area contributed by atoms with E-state index in [1.54, 1.807) is 0 Å². The molecule has 0 atom stereocenters. The molecule has 0 aromatic heterocycles. The lowest BCUT2D eigenvalue weighted by atomic mass is 9.98. The summed E-state index contributed by atoms with van der Waals surface area (Å²) in [4.78, 5) is 12.1. The van der Waals surface area contributed by atoms with Gasteiger partial charge in [0.2, 0.25) is 0 Å². The molecular formula is C22H18FNO3. The number of aromatic hydroxyl groups is 1. The number of amides is 1. The summed E-state index contributed by atoms with van der Waals surface area (Å²) < 4.78 is 19.2. The SMILES string of the molecule is O=C(NCc1cccc(O)c1F)OCC1c2ccccc2-c2ccccc21. The predicted octanol–water partition coefficient (Wildman–Crippen LogP) is 4.57. The van der Waals surface area contributed by atoms with Crippen LogP contribution in [0.2, 0.25) is 0 Å². The number of halogens is 1. The largest absolute Gasteiger partial charge is 0.505 e. The average Bonchev–Trinajstić information content (AvgIpc) is 3.01. The molecule has 0 radical (unpaired) electrons. The number of carbonyl (C=O) groups excluding carboxylic acids is 1. The zero-order chi connectivity index (χ0) is 18.8. The van der Waals surface area contributed by atoms with Crippen molar-refractivity contribution in [2.24, 2.45) is 0 Å². The number of ether oxygens (including phenoxy) is 1. The van der Waals surface area contributed by atoms with Crippen LogP contribution in [-0.2, 0) is 11.3 Å². The molecule has 5 heteroatoms. The van der Waals surface area contributed by atoms with Gasteiger partial charge in [-0.05, 0) is 28.3 Å². The summed E-state index contributed by atoms with van der Waals surface area (Å²) in [6.45, 7) is 0.138. The van der Waals surface area contributed by atoms with Gasteiger partial charge < -0.3 is 15.2 Å². The Hall–Kier alpha value is -3.34. The Morgan fingerprint density at radius 2 is 1.59 bits per heavy atom. The molecule has 0 saturated carbocycles. The number of alkyl carbamates (subject to hydrolysis) is 1. The Kier molecular flexibility index (Phi) is 4.50. The van der Waals surface area contributed by atoms with E-state index >= 15 is 0 Å². The van der Waals surface area contributed by atoms with Gasteiger partial charge in [0.1, 0.15) is 6.61 Å². The van der Waals surface area contributed by atoms with Crippen molar-refractivity contribution >= 4 is 6.09 Å². The van der Waals surface area contributed by atoms with Gasteiger partial charge in [0, 0.05) is 18.0 Å². The van der Waals surface area contributed by atoms with Crippen molar-refractivity contribution in [3.8, 4) is 16.9 Å². The number of phenolic OH excluding ortho intramolecular Hbond substituents is 1. The highest BCUT2D eigenvalue weighted by Crippen LogP contribution is 2.44. The van der Waals surface area contributed by atoms with Gasteiger partial charge in [0.05, 0.1) is 0 Å².